The molecular weight excluding hydrogens is 278 g/mol. The number of halogens is 1. The Bertz CT molecular complexity index is 456. The second-order valence-electron chi connectivity index (χ2n) is 3.14. The Labute approximate surface area is 113 Å². The first kappa shape index (κ1) is 14.7. The highest BCUT2D eigenvalue weighted by molar-refractivity contribution is 7.98. The van der Waals surface area contributed by atoms with E-state index >= 15 is 0 Å². The maximum Gasteiger partial charge on any atom is 0.307 e. The second-order valence-corrected chi connectivity index (χ2v) is 4.32. The SMILES string of the molecule is COC(=O)CCNC(=O)c1nc(SC)ncc1Cl. The van der Waals surface area contributed by atoms with Crippen molar-refractivity contribution in [1.82, 2.24) is 15.3 Å². The Kier molecular flexibility index (Phi) is 5.87. The summed E-state index contributed by atoms with van der Waals surface area (Å²) in [5.41, 5.74) is 0.0980. The molecule has 1 aromatic heterocycles. The third kappa shape index (κ3) is 4.15. The third-order valence-electron chi connectivity index (χ3n) is 1.96. The minimum Gasteiger partial charge on any atom is -0.469 e. The van der Waals surface area contributed by atoms with Crippen molar-refractivity contribution in [2.45, 2.75) is 11.6 Å². The van der Waals surface area contributed by atoms with E-state index in [4.69, 9.17) is 11.6 Å². The van der Waals surface area contributed by atoms with Crippen molar-refractivity contribution in [1.29, 1.82) is 0 Å². The van der Waals surface area contributed by atoms with Crippen LogP contribution in [-0.2, 0) is 9.53 Å². The van der Waals surface area contributed by atoms with Crippen LogP contribution in [0.25, 0.3) is 0 Å². The number of thioether (sulfide) groups is 1. The number of amides is 1. The van der Waals surface area contributed by atoms with Crippen molar-refractivity contribution < 1.29 is 14.3 Å². The van der Waals surface area contributed by atoms with Crippen LogP contribution in [0.4, 0.5) is 0 Å². The van der Waals surface area contributed by atoms with Gasteiger partial charge in [-0.05, 0) is 6.26 Å². The maximum absolute atomic E-state index is 11.8. The van der Waals surface area contributed by atoms with Gasteiger partial charge >= 0.3 is 5.97 Å². The highest BCUT2D eigenvalue weighted by Gasteiger charge is 2.14. The van der Waals surface area contributed by atoms with E-state index < -0.39 is 11.9 Å². The van der Waals surface area contributed by atoms with Crippen LogP contribution in [0.1, 0.15) is 16.9 Å². The molecule has 98 valence electrons. The van der Waals surface area contributed by atoms with Crippen molar-refractivity contribution >= 4 is 35.2 Å². The molecule has 6 nitrogen and oxygen atoms in total. The predicted molar refractivity (Wildman–Crippen MR) is 67.8 cm³/mol. The van der Waals surface area contributed by atoms with Crippen molar-refractivity contribution in [2.75, 3.05) is 19.9 Å². The summed E-state index contributed by atoms with van der Waals surface area (Å²) in [5.74, 6) is -0.838. The Balaban J connectivity index is 2.63. The number of aromatic nitrogens is 2. The lowest BCUT2D eigenvalue weighted by atomic mass is 10.3. The van der Waals surface area contributed by atoms with Gasteiger partial charge in [0.15, 0.2) is 10.9 Å². The number of carbonyl (C=O) groups is 2. The average molecular weight is 290 g/mol. The summed E-state index contributed by atoms with van der Waals surface area (Å²) in [6.45, 7) is 0.167. The highest BCUT2D eigenvalue weighted by atomic mass is 35.5. The molecule has 8 heteroatoms. The molecule has 0 aromatic carbocycles. The molecular formula is C10H12ClN3O3S. The molecule has 0 saturated carbocycles. The maximum atomic E-state index is 11.8. The monoisotopic (exact) mass is 289 g/mol. The van der Waals surface area contributed by atoms with Crippen LogP contribution in [0, 0.1) is 0 Å². The van der Waals surface area contributed by atoms with E-state index in [1.165, 1.54) is 25.1 Å². The minimum atomic E-state index is -0.443. The summed E-state index contributed by atoms with van der Waals surface area (Å²) in [5, 5.41) is 3.16. The quantitative estimate of drug-likeness (QED) is 0.497. The number of methoxy groups -OCH3 is 1. The van der Waals surface area contributed by atoms with Gasteiger partial charge in [0.1, 0.15) is 0 Å². The largest absolute Gasteiger partial charge is 0.469 e. The molecule has 0 radical (unpaired) electrons. The molecule has 1 heterocycles. The van der Waals surface area contributed by atoms with Gasteiger partial charge in [-0.25, -0.2) is 9.97 Å². The predicted octanol–water partition coefficient (Wildman–Crippen LogP) is 1.14. The summed E-state index contributed by atoms with van der Waals surface area (Å²) >= 11 is 7.14. The number of nitrogens with one attached hydrogen (secondary N) is 1. The summed E-state index contributed by atoms with van der Waals surface area (Å²) in [4.78, 5) is 30.6. The zero-order chi connectivity index (χ0) is 13.5. The van der Waals surface area contributed by atoms with Crippen LogP contribution in [0.2, 0.25) is 5.02 Å². The van der Waals surface area contributed by atoms with E-state index in [9.17, 15) is 9.59 Å². The fraction of sp³-hybridized carbons (Fsp3) is 0.400. The number of hydrogen-bond acceptors (Lipinski definition) is 6. The van der Waals surface area contributed by atoms with Crippen molar-refractivity contribution in [3.8, 4) is 0 Å². The van der Waals surface area contributed by atoms with Gasteiger partial charge < -0.3 is 10.1 Å². The number of nitrogens with zero attached hydrogens (tertiary/aromatic N) is 2. The van der Waals surface area contributed by atoms with Crippen molar-refractivity contribution in [3.05, 3.63) is 16.9 Å². The lowest BCUT2D eigenvalue weighted by molar-refractivity contribution is -0.140. The molecule has 1 amide bonds. The molecule has 0 aliphatic carbocycles. The summed E-state index contributed by atoms with van der Waals surface area (Å²) in [6.07, 6.45) is 3.26. The van der Waals surface area contributed by atoms with Crippen molar-refractivity contribution in [3.63, 3.8) is 0 Å². The van der Waals surface area contributed by atoms with Crippen LogP contribution in [0.15, 0.2) is 11.4 Å². The Morgan fingerprint density at radius 1 is 1.56 bits per heavy atom. The number of rotatable bonds is 5. The molecule has 1 rings (SSSR count). The zero-order valence-electron chi connectivity index (χ0n) is 9.90. The first-order valence-electron chi connectivity index (χ1n) is 5.00. The smallest absolute Gasteiger partial charge is 0.307 e. The molecule has 0 atom stereocenters. The summed E-state index contributed by atoms with van der Waals surface area (Å²) in [6, 6.07) is 0. The molecule has 0 spiro atoms. The van der Waals surface area contributed by atoms with Gasteiger partial charge in [-0.15, -0.1) is 0 Å². The van der Waals surface area contributed by atoms with Crippen LogP contribution in [0.3, 0.4) is 0 Å². The lowest BCUT2D eigenvalue weighted by Crippen LogP contribution is -2.27. The number of ether oxygens (including phenoxy) is 1. The van der Waals surface area contributed by atoms with E-state index in [1.54, 1.807) is 6.26 Å². The Morgan fingerprint density at radius 3 is 2.89 bits per heavy atom. The zero-order valence-corrected chi connectivity index (χ0v) is 11.5. The van der Waals surface area contributed by atoms with Crippen molar-refractivity contribution in [2.24, 2.45) is 0 Å². The van der Waals surface area contributed by atoms with Crippen LogP contribution in [0.5, 0.6) is 0 Å². The molecule has 0 bridgehead atoms. The van der Waals surface area contributed by atoms with Crippen LogP contribution in [-0.4, -0.2) is 41.8 Å². The molecule has 1 N–H and O–H groups in total. The molecule has 0 saturated heterocycles. The first-order chi connectivity index (χ1) is 8.58. The standard InChI is InChI=1S/C10H12ClN3O3S/c1-17-7(15)3-4-12-9(16)8-6(11)5-13-10(14-8)18-2/h5H,3-4H2,1-2H3,(H,12,16). The Hall–Kier alpha value is -1.34. The van der Waals surface area contributed by atoms with E-state index in [1.807, 2.05) is 0 Å². The third-order valence-corrected chi connectivity index (χ3v) is 2.80. The number of hydrogen-bond donors (Lipinski definition) is 1. The van der Waals surface area contributed by atoms with Gasteiger partial charge in [0.25, 0.3) is 5.91 Å². The van der Waals surface area contributed by atoms with Gasteiger partial charge in [0.2, 0.25) is 0 Å². The van der Waals surface area contributed by atoms with Gasteiger partial charge in [-0.1, -0.05) is 23.4 Å². The van der Waals surface area contributed by atoms with E-state index in [0.29, 0.717) is 5.16 Å². The lowest BCUT2D eigenvalue weighted by Gasteiger charge is -2.06. The van der Waals surface area contributed by atoms with E-state index in [2.05, 4.69) is 20.0 Å². The normalized spacial score (nSPS) is 9.94. The summed E-state index contributed by atoms with van der Waals surface area (Å²) < 4.78 is 4.45. The summed E-state index contributed by atoms with van der Waals surface area (Å²) in [7, 11) is 1.29. The molecule has 0 unspecified atom stereocenters. The topological polar surface area (TPSA) is 81.2 Å². The van der Waals surface area contributed by atoms with Gasteiger partial charge in [-0.3, -0.25) is 9.59 Å². The first-order valence-corrected chi connectivity index (χ1v) is 6.60. The van der Waals surface area contributed by atoms with E-state index in [-0.39, 0.29) is 23.7 Å². The van der Waals surface area contributed by atoms with Gasteiger partial charge in [0.05, 0.1) is 24.8 Å². The molecule has 0 fully saturated rings. The van der Waals surface area contributed by atoms with Crippen LogP contribution >= 0.6 is 23.4 Å². The molecule has 0 aliphatic heterocycles. The number of esters is 1. The van der Waals surface area contributed by atoms with Crippen LogP contribution < -0.4 is 5.32 Å². The van der Waals surface area contributed by atoms with Gasteiger partial charge in [-0.2, -0.15) is 0 Å². The fourth-order valence-corrected chi connectivity index (χ4v) is 1.59. The fourth-order valence-electron chi connectivity index (χ4n) is 1.07. The molecule has 18 heavy (non-hydrogen) atoms. The molecule has 0 aliphatic rings. The van der Waals surface area contributed by atoms with Gasteiger partial charge in [0, 0.05) is 6.54 Å². The van der Waals surface area contributed by atoms with E-state index in [0.717, 1.165) is 0 Å². The minimum absolute atomic E-state index is 0.0975. The highest BCUT2D eigenvalue weighted by Crippen LogP contribution is 2.16. The molecule has 1 aromatic rings. The average Bonchev–Trinajstić information content (AvgIpc) is 2.38. The number of carbonyl (C=O) groups excluding carboxylic acids is 2. The second kappa shape index (κ2) is 7.17. The Morgan fingerprint density at radius 2 is 2.28 bits per heavy atom.